The fourth-order valence-electron chi connectivity index (χ4n) is 2.51. The van der Waals surface area contributed by atoms with Crippen LogP contribution in [0.2, 0.25) is 0 Å². The Balaban J connectivity index is 0.00000288. The van der Waals surface area contributed by atoms with E-state index in [-0.39, 0.29) is 12.4 Å². The smallest absolute Gasteiger partial charge is 0.144 e. The Morgan fingerprint density at radius 1 is 1.00 bits per heavy atom. The minimum Gasteiger partial charge on any atom is -0.491 e. The molecule has 24 heavy (non-hydrogen) atoms. The Labute approximate surface area is 151 Å². The van der Waals surface area contributed by atoms with Crippen molar-refractivity contribution in [2.45, 2.75) is 39.5 Å². The highest BCUT2D eigenvalue weighted by Crippen LogP contribution is 2.38. The van der Waals surface area contributed by atoms with Crippen LogP contribution in [-0.2, 0) is 4.74 Å². The van der Waals surface area contributed by atoms with Gasteiger partial charge in [-0.05, 0) is 12.8 Å². The first-order valence-electron chi connectivity index (χ1n) is 8.78. The molecule has 5 nitrogen and oxygen atoms in total. The standard InChI is InChI=1S/C18H30N2O3.ClH/c1-3-5-9-22-17-14-16(20-7-11-21-12-8-20)18(13-15(17)19)23-10-6-4-2;/h13-14H,3-12,19H2,1-2H3;1H. The summed E-state index contributed by atoms with van der Waals surface area (Å²) < 4.78 is 17.3. The Morgan fingerprint density at radius 2 is 1.58 bits per heavy atom. The molecule has 1 aromatic carbocycles. The number of unbranched alkanes of at least 4 members (excludes halogenated alkanes) is 2. The molecule has 0 radical (unpaired) electrons. The molecule has 0 saturated carbocycles. The van der Waals surface area contributed by atoms with Crippen LogP contribution < -0.4 is 20.1 Å². The first-order valence-corrected chi connectivity index (χ1v) is 8.78. The summed E-state index contributed by atoms with van der Waals surface area (Å²) in [6, 6.07) is 3.93. The first-order chi connectivity index (χ1) is 11.3. The molecule has 0 atom stereocenters. The SMILES string of the molecule is CCCCOc1cc(N2CCOCC2)c(OCCCC)cc1N.Cl. The highest BCUT2D eigenvalue weighted by molar-refractivity contribution is 5.85. The predicted octanol–water partition coefficient (Wildman–Crippen LogP) is 3.89. The number of nitrogens with two attached hydrogens (primary N) is 1. The summed E-state index contributed by atoms with van der Waals surface area (Å²) >= 11 is 0. The molecule has 1 aromatic rings. The molecular formula is C18H31ClN2O3. The van der Waals surface area contributed by atoms with E-state index in [4.69, 9.17) is 19.9 Å². The number of morpholine rings is 1. The van der Waals surface area contributed by atoms with Gasteiger partial charge in [0.05, 0.1) is 37.8 Å². The topological polar surface area (TPSA) is 57.0 Å². The van der Waals surface area contributed by atoms with Crippen molar-refractivity contribution in [3.05, 3.63) is 12.1 Å². The fraction of sp³-hybridized carbons (Fsp3) is 0.667. The highest BCUT2D eigenvalue weighted by atomic mass is 35.5. The molecule has 0 aliphatic carbocycles. The summed E-state index contributed by atoms with van der Waals surface area (Å²) in [5, 5.41) is 0. The van der Waals surface area contributed by atoms with Crippen LogP contribution >= 0.6 is 12.4 Å². The second kappa shape index (κ2) is 11.3. The van der Waals surface area contributed by atoms with Crippen LogP contribution in [0.3, 0.4) is 0 Å². The third-order valence-electron chi connectivity index (χ3n) is 3.95. The second-order valence-corrected chi connectivity index (χ2v) is 5.86. The van der Waals surface area contributed by atoms with E-state index in [0.29, 0.717) is 18.9 Å². The summed E-state index contributed by atoms with van der Waals surface area (Å²) in [7, 11) is 0. The number of ether oxygens (including phenoxy) is 3. The van der Waals surface area contributed by atoms with Gasteiger partial charge in [0.25, 0.3) is 0 Å². The molecule has 138 valence electrons. The Kier molecular flexibility index (Phi) is 9.72. The molecule has 0 bridgehead atoms. The number of hydrogen-bond acceptors (Lipinski definition) is 5. The molecule has 2 rings (SSSR count). The number of anilines is 2. The summed E-state index contributed by atoms with van der Waals surface area (Å²) in [6.45, 7) is 8.92. The molecule has 6 heteroatoms. The third-order valence-corrected chi connectivity index (χ3v) is 3.95. The number of halogens is 1. The summed E-state index contributed by atoms with van der Waals surface area (Å²) in [5.74, 6) is 1.60. The zero-order valence-electron chi connectivity index (χ0n) is 14.9. The van der Waals surface area contributed by atoms with Crippen molar-refractivity contribution < 1.29 is 14.2 Å². The largest absolute Gasteiger partial charge is 0.491 e. The predicted molar refractivity (Wildman–Crippen MR) is 102 cm³/mol. The van der Waals surface area contributed by atoms with Crippen LogP contribution in [-0.4, -0.2) is 39.5 Å². The molecule has 0 aromatic heterocycles. The van der Waals surface area contributed by atoms with Crippen LogP contribution in [0.4, 0.5) is 11.4 Å². The van der Waals surface area contributed by atoms with E-state index in [1.807, 2.05) is 12.1 Å². The average molecular weight is 359 g/mol. The Bertz CT molecular complexity index is 480. The molecule has 1 aliphatic rings. The van der Waals surface area contributed by atoms with Crippen molar-refractivity contribution in [2.24, 2.45) is 0 Å². The quantitative estimate of drug-likeness (QED) is 0.536. The Morgan fingerprint density at radius 3 is 2.17 bits per heavy atom. The van der Waals surface area contributed by atoms with Gasteiger partial charge >= 0.3 is 0 Å². The van der Waals surface area contributed by atoms with E-state index in [2.05, 4.69) is 18.7 Å². The van der Waals surface area contributed by atoms with Crippen molar-refractivity contribution in [3.63, 3.8) is 0 Å². The number of rotatable bonds is 9. The van der Waals surface area contributed by atoms with Crippen molar-refractivity contribution in [3.8, 4) is 11.5 Å². The number of nitrogen functional groups attached to an aromatic ring is 1. The van der Waals surface area contributed by atoms with Crippen molar-refractivity contribution in [1.82, 2.24) is 0 Å². The van der Waals surface area contributed by atoms with Crippen LogP contribution in [0.1, 0.15) is 39.5 Å². The average Bonchev–Trinajstić information content (AvgIpc) is 2.58. The maximum atomic E-state index is 6.16. The van der Waals surface area contributed by atoms with Gasteiger partial charge in [-0.1, -0.05) is 26.7 Å². The van der Waals surface area contributed by atoms with Crippen LogP contribution in [0.25, 0.3) is 0 Å². The van der Waals surface area contributed by atoms with Gasteiger partial charge in [0.1, 0.15) is 11.5 Å². The molecule has 0 unspecified atom stereocenters. The van der Waals surface area contributed by atoms with E-state index in [1.54, 1.807) is 0 Å². The summed E-state index contributed by atoms with van der Waals surface area (Å²) in [5.41, 5.74) is 7.86. The van der Waals surface area contributed by atoms with Gasteiger partial charge in [-0.2, -0.15) is 0 Å². The number of benzene rings is 1. The molecule has 0 amide bonds. The maximum absolute atomic E-state index is 6.16. The number of nitrogens with zero attached hydrogens (tertiary/aromatic N) is 1. The van der Waals surface area contributed by atoms with Crippen molar-refractivity contribution in [2.75, 3.05) is 50.2 Å². The zero-order chi connectivity index (χ0) is 16.5. The molecule has 1 heterocycles. The highest BCUT2D eigenvalue weighted by Gasteiger charge is 2.18. The van der Waals surface area contributed by atoms with Crippen LogP contribution in [0.5, 0.6) is 11.5 Å². The van der Waals surface area contributed by atoms with Gasteiger partial charge in [-0.25, -0.2) is 0 Å². The molecule has 1 saturated heterocycles. The lowest BCUT2D eigenvalue weighted by atomic mass is 10.2. The van der Waals surface area contributed by atoms with E-state index >= 15 is 0 Å². The monoisotopic (exact) mass is 358 g/mol. The van der Waals surface area contributed by atoms with E-state index in [9.17, 15) is 0 Å². The van der Waals surface area contributed by atoms with Crippen LogP contribution in [0, 0.1) is 0 Å². The molecule has 1 aliphatic heterocycles. The normalized spacial score (nSPS) is 14.2. The maximum Gasteiger partial charge on any atom is 0.144 e. The lowest BCUT2D eigenvalue weighted by Gasteiger charge is -2.31. The van der Waals surface area contributed by atoms with Crippen LogP contribution in [0.15, 0.2) is 12.1 Å². The minimum absolute atomic E-state index is 0. The van der Waals surface area contributed by atoms with Gasteiger partial charge in [-0.3, -0.25) is 0 Å². The molecule has 1 fully saturated rings. The molecule has 2 N–H and O–H groups in total. The van der Waals surface area contributed by atoms with Gasteiger partial charge < -0.3 is 24.8 Å². The summed E-state index contributed by atoms with van der Waals surface area (Å²) in [6.07, 6.45) is 4.29. The lowest BCUT2D eigenvalue weighted by molar-refractivity contribution is 0.122. The van der Waals surface area contributed by atoms with Gasteiger partial charge in [-0.15, -0.1) is 12.4 Å². The van der Waals surface area contributed by atoms with Gasteiger partial charge in [0, 0.05) is 25.2 Å². The van der Waals surface area contributed by atoms with E-state index < -0.39 is 0 Å². The fourth-order valence-corrected chi connectivity index (χ4v) is 2.51. The third kappa shape index (κ3) is 5.95. The summed E-state index contributed by atoms with van der Waals surface area (Å²) in [4.78, 5) is 2.29. The number of hydrogen-bond donors (Lipinski definition) is 1. The van der Waals surface area contributed by atoms with Gasteiger partial charge in [0.2, 0.25) is 0 Å². The molecular weight excluding hydrogens is 328 g/mol. The van der Waals surface area contributed by atoms with E-state index in [1.165, 1.54) is 0 Å². The lowest BCUT2D eigenvalue weighted by Crippen LogP contribution is -2.36. The molecule has 0 spiro atoms. The van der Waals surface area contributed by atoms with Gasteiger partial charge in [0.15, 0.2) is 0 Å². The minimum atomic E-state index is 0. The van der Waals surface area contributed by atoms with Crippen molar-refractivity contribution in [1.29, 1.82) is 0 Å². The zero-order valence-corrected chi connectivity index (χ0v) is 15.7. The van der Waals surface area contributed by atoms with E-state index in [0.717, 1.165) is 69.2 Å². The first kappa shape index (κ1) is 20.7. The second-order valence-electron chi connectivity index (χ2n) is 5.86. The Hall–Kier alpha value is -1.33. The van der Waals surface area contributed by atoms with Crippen molar-refractivity contribution >= 4 is 23.8 Å².